The van der Waals surface area contributed by atoms with E-state index in [0.29, 0.717) is 12.2 Å². The SMILES string of the molecule is C=CCc1cccc(-c2cccc3c2Cc2ccccc2-3)c1OS(=O)(=O)c1ccc(C)cc1. The van der Waals surface area contributed by atoms with Crippen molar-refractivity contribution in [3.8, 4) is 28.0 Å². The molecule has 0 N–H and O–H groups in total. The van der Waals surface area contributed by atoms with Gasteiger partial charge in [-0.1, -0.05) is 84.4 Å². The summed E-state index contributed by atoms with van der Waals surface area (Å²) in [6.45, 7) is 5.76. The Balaban J connectivity index is 1.66. The number of rotatable bonds is 6. The molecule has 4 heteroatoms. The Morgan fingerprint density at radius 2 is 1.45 bits per heavy atom. The van der Waals surface area contributed by atoms with Crippen LogP contribution in [0.3, 0.4) is 0 Å². The Labute approximate surface area is 195 Å². The zero-order valence-corrected chi connectivity index (χ0v) is 19.2. The Bertz CT molecular complexity index is 1470. The van der Waals surface area contributed by atoms with Gasteiger partial charge in [0.2, 0.25) is 0 Å². The predicted molar refractivity (Wildman–Crippen MR) is 133 cm³/mol. The van der Waals surface area contributed by atoms with Crippen LogP contribution in [0.25, 0.3) is 22.3 Å². The Kier molecular flexibility index (Phi) is 5.39. The van der Waals surface area contributed by atoms with Crippen LogP contribution >= 0.6 is 0 Å². The number of fused-ring (bicyclic) bond motifs is 3. The van der Waals surface area contributed by atoms with Crippen molar-refractivity contribution in [2.45, 2.75) is 24.7 Å². The summed E-state index contributed by atoms with van der Waals surface area (Å²) >= 11 is 0. The van der Waals surface area contributed by atoms with Gasteiger partial charge in [-0.2, -0.15) is 8.42 Å². The van der Waals surface area contributed by atoms with E-state index in [1.54, 1.807) is 30.3 Å². The number of para-hydroxylation sites is 1. The van der Waals surface area contributed by atoms with Crippen molar-refractivity contribution < 1.29 is 12.6 Å². The van der Waals surface area contributed by atoms with E-state index in [0.717, 1.165) is 28.7 Å². The first kappa shape index (κ1) is 21.2. The minimum absolute atomic E-state index is 0.137. The molecule has 0 aliphatic heterocycles. The minimum atomic E-state index is -4.00. The molecular weight excluding hydrogens is 428 g/mol. The van der Waals surface area contributed by atoms with E-state index in [1.165, 1.54) is 22.3 Å². The van der Waals surface area contributed by atoms with Gasteiger partial charge >= 0.3 is 10.1 Å². The maximum Gasteiger partial charge on any atom is 0.339 e. The molecule has 1 aliphatic rings. The third-order valence-electron chi connectivity index (χ3n) is 6.10. The lowest BCUT2D eigenvalue weighted by Crippen LogP contribution is -2.12. The van der Waals surface area contributed by atoms with Gasteiger partial charge in [-0.15, -0.1) is 6.58 Å². The number of allylic oxidation sites excluding steroid dienone is 1. The quantitative estimate of drug-likeness (QED) is 0.212. The van der Waals surface area contributed by atoms with E-state index >= 15 is 0 Å². The highest BCUT2D eigenvalue weighted by atomic mass is 32.2. The van der Waals surface area contributed by atoms with Crippen LogP contribution in [0, 0.1) is 6.92 Å². The molecule has 33 heavy (non-hydrogen) atoms. The molecule has 164 valence electrons. The standard InChI is InChI=1S/C29H24O3S/c1-3-8-21-10-6-14-27(29(21)32-33(30,31)23-17-15-20(2)16-18-23)26-13-7-12-25-24-11-5-4-9-22(24)19-28(25)26/h3-7,9-18H,1,8,19H2,2H3. The lowest BCUT2D eigenvalue weighted by Gasteiger charge is -2.17. The van der Waals surface area contributed by atoms with E-state index in [-0.39, 0.29) is 4.90 Å². The van der Waals surface area contributed by atoms with Crippen LogP contribution in [0.5, 0.6) is 5.75 Å². The third-order valence-corrected chi connectivity index (χ3v) is 7.34. The van der Waals surface area contributed by atoms with E-state index < -0.39 is 10.1 Å². The monoisotopic (exact) mass is 452 g/mol. The van der Waals surface area contributed by atoms with Crippen molar-refractivity contribution in [2.24, 2.45) is 0 Å². The predicted octanol–water partition coefficient (Wildman–Crippen LogP) is 6.73. The third kappa shape index (κ3) is 3.87. The molecule has 0 saturated heterocycles. The molecule has 0 saturated carbocycles. The second-order valence-electron chi connectivity index (χ2n) is 8.30. The van der Waals surface area contributed by atoms with Crippen molar-refractivity contribution >= 4 is 10.1 Å². The van der Waals surface area contributed by atoms with Gasteiger partial charge in [0.05, 0.1) is 0 Å². The highest BCUT2D eigenvalue weighted by Gasteiger charge is 2.26. The van der Waals surface area contributed by atoms with Gasteiger partial charge in [-0.25, -0.2) is 0 Å². The number of aryl methyl sites for hydroxylation is 1. The van der Waals surface area contributed by atoms with Gasteiger partial charge in [0.1, 0.15) is 4.90 Å². The number of hydrogen-bond acceptors (Lipinski definition) is 3. The highest BCUT2D eigenvalue weighted by Crippen LogP contribution is 2.44. The van der Waals surface area contributed by atoms with Gasteiger partial charge in [0, 0.05) is 11.1 Å². The average Bonchev–Trinajstić information content (AvgIpc) is 3.19. The molecule has 0 fully saturated rings. The molecular formula is C29H24O3S. The largest absolute Gasteiger partial charge is 0.378 e. The zero-order valence-electron chi connectivity index (χ0n) is 18.4. The summed E-state index contributed by atoms with van der Waals surface area (Å²) in [5.41, 5.74) is 8.41. The van der Waals surface area contributed by atoms with Crippen molar-refractivity contribution in [3.63, 3.8) is 0 Å². The molecule has 0 amide bonds. The maximum absolute atomic E-state index is 13.2. The van der Waals surface area contributed by atoms with Gasteiger partial charge in [0.15, 0.2) is 5.75 Å². The second-order valence-corrected chi connectivity index (χ2v) is 9.85. The van der Waals surface area contributed by atoms with Crippen LogP contribution in [0.15, 0.2) is 102 Å². The normalized spacial score (nSPS) is 12.2. The summed E-state index contributed by atoms with van der Waals surface area (Å²) < 4.78 is 32.3. The zero-order chi connectivity index (χ0) is 23.0. The molecule has 4 aromatic rings. The summed E-state index contributed by atoms with van der Waals surface area (Å²) in [5, 5.41) is 0. The molecule has 0 spiro atoms. The molecule has 0 unspecified atom stereocenters. The molecule has 3 nitrogen and oxygen atoms in total. The first-order valence-electron chi connectivity index (χ1n) is 10.9. The Hall–Kier alpha value is -3.63. The van der Waals surface area contributed by atoms with E-state index in [4.69, 9.17) is 4.18 Å². The lowest BCUT2D eigenvalue weighted by molar-refractivity contribution is 0.484. The Morgan fingerprint density at radius 1 is 0.818 bits per heavy atom. The number of benzene rings is 4. The smallest absolute Gasteiger partial charge is 0.339 e. The topological polar surface area (TPSA) is 43.4 Å². The van der Waals surface area contributed by atoms with Gasteiger partial charge in [-0.3, -0.25) is 0 Å². The average molecular weight is 453 g/mol. The molecule has 0 heterocycles. The fourth-order valence-electron chi connectivity index (χ4n) is 4.48. The van der Waals surface area contributed by atoms with Crippen LogP contribution in [-0.4, -0.2) is 8.42 Å². The molecule has 0 aromatic heterocycles. The molecule has 0 bridgehead atoms. The van der Waals surface area contributed by atoms with Crippen molar-refractivity contribution in [1.29, 1.82) is 0 Å². The van der Waals surface area contributed by atoms with Crippen LogP contribution in [-0.2, 0) is 23.0 Å². The van der Waals surface area contributed by atoms with Gasteiger partial charge in [-0.05, 0) is 59.7 Å². The van der Waals surface area contributed by atoms with E-state index in [1.807, 2.05) is 43.3 Å². The first-order chi connectivity index (χ1) is 16.0. The summed E-state index contributed by atoms with van der Waals surface area (Å²) in [5.74, 6) is 0.363. The molecule has 0 radical (unpaired) electrons. The molecule has 4 aromatic carbocycles. The summed E-state index contributed by atoms with van der Waals surface area (Å²) in [7, 11) is -4.00. The fraction of sp³-hybridized carbons (Fsp3) is 0.103. The first-order valence-corrected chi connectivity index (χ1v) is 12.3. The molecule has 0 atom stereocenters. The van der Waals surface area contributed by atoms with Crippen LogP contribution in [0.4, 0.5) is 0 Å². The van der Waals surface area contributed by atoms with Crippen LogP contribution < -0.4 is 4.18 Å². The van der Waals surface area contributed by atoms with E-state index in [2.05, 4.69) is 30.8 Å². The molecule has 5 rings (SSSR count). The van der Waals surface area contributed by atoms with Crippen LogP contribution in [0.2, 0.25) is 0 Å². The molecule has 1 aliphatic carbocycles. The maximum atomic E-state index is 13.2. The lowest BCUT2D eigenvalue weighted by atomic mass is 9.93. The van der Waals surface area contributed by atoms with Gasteiger partial charge < -0.3 is 4.18 Å². The summed E-state index contributed by atoms with van der Waals surface area (Å²) in [6, 6.07) is 27.1. The second kappa shape index (κ2) is 8.38. The van der Waals surface area contributed by atoms with Gasteiger partial charge in [0.25, 0.3) is 0 Å². The minimum Gasteiger partial charge on any atom is -0.378 e. The van der Waals surface area contributed by atoms with Crippen molar-refractivity contribution in [2.75, 3.05) is 0 Å². The number of hydrogen-bond donors (Lipinski definition) is 0. The van der Waals surface area contributed by atoms with E-state index in [9.17, 15) is 8.42 Å². The summed E-state index contributed by atoms with van der Waals surface area (Å²) in [4.78, 5) is 0.137. The highest BCUT2D eigenvalue weighted by molar-refractivity contribution is 7.87. The summed E-state index contributed by atoms with van der Waals surface area (Å²) in [6.07, 6.45) is 3.06. The van der Waals surface area contributed by atoms with Crippen molar-refractivity contribution in [3.05, 3.63) is 120 Å². The van der Waals surface area contributed by atoms with Crippen molar-refractivity contribution in [1.82, 2.24) is 0 Å². The Morgan fingerprint density at radius 3 is 2.21 bits per heavy atom. The van der Waals surface area contributed by atoms with Crippen LogP contribution in [0.1, 0.15) is 22.3 Å². The fourth-order valence-corrected chi connectivity index (χ4v) is 5.47.